The minimum Gasteiger partial charge on any atom is -0.409 e. The van der Waals surface area contributed by atoms with E-state index in [-0.39, 0.29) is 25.0 Å². The van der Waals surface area contributed by atoms with E-state index in [0.717, 1.165) is 18.1 Å². The van der Waals surface area contributed by atoms with Gasteiger partial charge in [-0.2, -0.15) is 13.2 Å². The van der Waals surface area contributed by atoms with Crippen LogP contribution in [0.1, 0.15) is 58.1 Å². The van der Waals surface area contributed by atoms with Crippen molar-refractivity contribution >= 4 is 31.5 Å². The Bertz CT molecular complexity index is 623. The van der Waals surface area contributed by atoms with Crippen LogP contribution in [-0.4, -0.2) is 32.1 Å². The molecule has 9 heteroatoms. The molecule has 0 bridgehead atoms. The predicted octanol–water partition coefficient (Wildman–Crippen LogP) is 7.16. The van der Waals surface area contributed by atoms with Gasteiger partial charge in [0, 0.05) is 30.5 Å². The van der Waals surface area contributed by atoms with E-state index in [9.17, 15) is 13.2 Å². The summed E-state index contributed by atoms with van der Waals surface area (Å²) in [5, 5.41) is 4.34. The molecule has 0 aliphatic heterocycles. The van der Waals surface area contributed by atoms with Crippen LogP contribution >= 0.6 is 23.2 Å². The number of rotatable bonds is 9. The molecule has 1 aliphatic rings. The number of nitrogens with zero attached hydrogens (tertiary/aromatic N) is 1. The van der Waals surface area contributed by atoms with Gasteiger partial charge in [-0.25, -0.2) is 0 Å². The number of halogens is 5. The second-order valence-electron chi connectivity index (χ2n) is 7.87. The SMILES string of the molecule is CC[Si](CC)(CC)OC(CN[C@H]1CC[C@@H](C(F)(F)F)CC1)c1c(Cl)cncc1Cl. The van der Waals surface area contributed by atoms with Crippen molar-refractivity contribution in [2.75, 3.05) is 6.54 Å². The number of hydrogen-bond acceptors (Lipinski definition) is 3. The molecule has 1 aromatic heterocycles. The van der Waals surface area contributed by atoms with Crippen molar-refractivity contribution in [1.82, 2.24) is 10.3 Å². The lowest BCUT2D eigenvalue weighted by Gasteiger charge is -2.36. The molecule has 3 nitrogen and oxygen atoms in total. The van der Waals surface area contributed by atoms with Crippen LogP contribution in [0.25, 0.3) is 0 Å². The molecule has 1 aliphatic carbocycles. The standard InChI is InChI=1S/C20H31Cl2F3N2OSi/c1-4-29(5-2,6-3)28-18(19-16(21)11-26-12-17(19)22)13-27-15-9-7-14(8-10-15)20(23,24)25/h11-12,14-15,18,27H,4-10,13H2,1-3H3/t14-,15+,18?. The van der Waals surface area contributed by atoms with Gasteiger partial charge >= 0.3 is 6.18 Å². The van der Waals surface area contributed by atoms with E-state index in [1.54, 1.807) is 12.4 Å². The molecule has 166 valence electrons. The van der Waals surface area contributed by atoms with E-state index >= 15 is 0 Å². The van der Waals surface area contributed by atoms with E-state index in [0.29, 0.717) is 35.0 Å². The molecule has 29 heavy (non-hydrogen) atoms. The molecular weight excluding hydrogens is 440 g/mol. The summed E-state index contributed by atoms with van der Waals surface area (Å²) < 4.78 is 45.5. The fourth-order valence-corrected chi connectivity index (χ4v) is 7.54. The Morgan fingerprint density at radius 1 is 1.07 bits per heavy atom. The van der Waals surface area contributed by atoms with Crippen molar-refractivity contribution in [3.05, 3.63) is 28.0 Å². The second-order valence-corrected chi connectivity index (χ2v) is 13.4. The van der Waals surface area contributed by atoms with Gasteiger partial charge in [-0.05, 0) is 43.8 Å². The summed E-state index contributed by atoms with van der Waals surface area (Å²) in [6.07, 6.45) is 0.0244. The van der Waals surface area contributed by atoms with E-state index < -0.39 is 20.4 Å². The van der Waals surface area contributed by atoms with Gasteiger partial charge < -0.3 is 9.74 Å². The summed E-state index contributed by atoms with van der Waals surface area (Å²) in [6, 6.07) is 2.98. The molecule has 2 rings (SSSR count). The van der Waals surface area contributed by atoms with Crippen molar-refractivity contribution in [3.63, 3.8) is 0 Å². The maximum Gasteiger partial charge on any atom is 0.391 e. The summed E-state index contributed by atoms with van der Waals surface area (Å²) in [7, 11) is -1.96. The Kier molecular flexibility index (Phi) is 9.28. The molecule has 1 atom stereocenters. The summed E-state index contributed by atoms with van der Waals surface area (Å²) in [6.45, 7) is 6.92. The fraction of sp³-hybridized carbons (Fsp3) is 0.750. The quantitative estimate of drug-likeness (QED) is 0.388. The van der Waals surface area contributed by atoms with Crippen LogP contribution in [0.3, 0.4) is 0 Å². The van der Waals surface area contributed by atoms with Crippen molar-refractivity contribution in [1.29, 1.82) is 0 Å². The molecule has 1 fully saturated rings. The van der Waals surface area contributed by atoms with Gasteiger partial charge in [0.2, 0.25) is 0 Å². The summed E-state index contributed by atoms with van der Waals surface area (Å²) in [4.78, 5) is 4.03. The third-order valence-electron chi connectivity index (χ3n) is 6.32. The van der Waals surface area contributed by atoms with Crippen molar-refractivity contribution in [3.8, 4) is 0 Å². The molecule has 1 aromatic rings. The Hall–Kier alpha value is -0.343. The zero-order valence-corrected chi connectivity index (χ0v) is 19.8. The third-order valence-corrected chi connectivity index (χ3v) is 11.6. The molecule has 0 radical (unpaired) electrons. The average molecular weight is 471 g/mol. The van der Waals surface area contributed by atoms with Crippen molar-refractivity contribution in [2.45, 2.75) is 82.9 Å². The van der Waals surface area contributed by atoms with Gasteiger partial charge in [0.25, 0.3) is 0 Å². The van der Waals surface area contributed by atoms with Crippen LogP contribution in [0.5, 0.6) is 0 Å². The van der Waals surface area contributed by atoms with Gasteiger partial charge in [-0.1, -0.05) is 44.0 Å². The molecule has 0 spiro atoms. The fourth-order valence-electron chi connectivity index (χ4n) is 4.13. The summed E-state index contributed by atoms with van der Waals surface area (Å²) in [5.41, 5.74) is 0.715. The molecule has 0 amide bonds. The van der Waals surface area contributed by atoms with E-state index in [2.05, 4.69) is 31.1 Å². The molecule has 1 saturated carbocycles. The highest BCUT2D eigenvalue weighted by molar-refractivity contribution is 6.73. The summed E-state index contributed by atoms with van der Waals surface area (Å²) >= 11 is 12.8. The minimum absolute atomic E-state index is 0.0417. The number of pyridine rings is 1. The van der Waals surface area contributed by atoms with Crippen LogP contribution in [0.2, 0.25) is 28.2 Å². The van der Waals surface area contributed by atoms with E-state index in [4.69, 9.17) is 27.6 Å². The lowest BCUT2D eigenvalue weighted by Crippen LogP contribution is -2.43. The Balaban J connectivity index is 2.13. The number of nitrogens with one attached hydrogen (secondary N) is 1. The first-order valence-electron chi connectivity index (χ1n) is 10.4. The van der Waals surface area contributed by atoms with Gasteiger partial charge in [-0.3, -0.25) is 4.98 Å². The monoisotopic (exact) mass is 470 g/mol. The van der Waals surface area contributed by atoms with E-state index in [1.807, 2.05) is 0 Å². The van der Waals surface area contributed by atoms with Gasteiger partial charge in [0.15, 0.2) is 8.32 Å². The average Bonchev–Trinajstić information content (AvgIpc) is 2.69. The normalized spacial score (nSPS) is 21.9. The zero-order valence-electron chi connectivity index (χ0n) is 17.3. The highest BCUT2D eigenvalue weighted by Gasteiger charge is 2.41. The first-order valence-corrected chi connectivity index (χ1v) is 13.7. The highest BCUT2D eigenvalue weighted by atomic mass is 35.5. The van der Waals surface area contributed by atoms with Gasteiger partial charge in [-0.15, -0.1) is 0 Å². The van der Waals surface area contributed by atoms with E-state index in [1.165, 1.54) is 0 Å². The van der Waals surface area contributed by atoms with Gasteiger partial charge in [0.1, 0.15) is 0 Å². The maximum absolute atomic E-state index is 12.9. The van der Waals surface area contributed by atoms with Crippen LogP contribution in [-0.2, 0) is 4.43 Å². The summed E-state index contributed by atoms with van der Waals surface area (Å²) in [5.74, 6) is -1.18. The lowest BCUT2D eigenvalue weighted by molar-refractivity contribution is -0.182. The van der Waals surface area contributed by atoms with Gasteiger partial charge in [0.05, 0.1) is 22.1 Å². The van der Waals surface area contributed by atoms with Crippen LogP contribution in [0.15, 0.2) is 12.4 Å². The third kappa shape index (κ3) is 6.57. The lowest BCUT2D eigenvalue weighted by atomic mass is 9.85. The Labute approximate surface area is 182 Å². The molecule has 0 aromatic carbocycles. The minimum atomic E-state index is -4.09. The first kappa shape index (κ1) is 24.9. The zero-order chi connectivity index (χ0) is 21.7. The molecule has 1 heterocycles. The largest absolute Gasteiger partial charge is 0.409 e. The Morgan fingerprint density at radius 3 is 2.03 bits per heavy atom. The Morgan fingerprint density at radius 2 is 1.59 bits per heavy atom. The molecule has 0 saturated heterocycles. The molecule has 1 N–H and O–H groups in total. The maximum atomic E-state index is 12.9. The number of aromatic nitrogens is 1. The molecular formula is C20H31Cl2F3N2OSi. The topological polar surface area (TPSA) is 34.1 Å². The first-order chi connectivity index (χ1) is 13.7. The number of alkyl halides is 3. The smallest absolute Gasteiger partial charge is 0.391 e. The van der Waals surface area contributed by atoms with Crippen LogP contribution < -0.4 is 5.32 Å². The van der Waals surface area contributed by atoms with Crippen LogP contribution in [0, 0.1) is 5.92 Å². The molecule has 1 unspecified atom stereocenters. The van der Waals surface area contributed by atoms with Crippen LogP contribution in [0.4, 0.5) is 13.2 Å². The highest BCUT2D eigenvalue weighted by Crippen LogP contribution is 2.39. The van der Waals surface area contributed by atoms with Crippen molar-refractivity contribution in [2.24, 2.45) is 5.92 Å². The van der Waals surface area contributed by atoms with Crippen molar-refractivity contribution < 1.29 is 17.6 Å². The number of hydrogen-bond donors (Lipinski definition) is 1. The predicted molar refractivity (Wildman–Crippen MR) is 115 cm³/mol. The second kappa shape index (κ2) is 10.8.